The second-order valence-corrected chi connectivity index (χ2v) is 7.46. The van der Waals surface area contributed by atoms with Crippen LogP contribution in [0.5, 0.6) is 0 Å². The second-order valence-electron chi connectivity index (χ2n) is 6.57. The summed E-state index contributed by atoms with van der Waals surface area (Å²) in [7, 11) is 0. The van der Waals surface area contributed by atoms with Gasteiger partial charge in [-0.15, -0.1) is 11.3 Å². The van der Waals surface area contributed by atoms with Gasteiger partial charge < -0.3 is 9.64 Å². The second kappa shape index (κ2) is 6.34. The van der Waals surface area contributed by atoms with E-state index in [1.807, 2.05) is 0 Å². The number of aromatic nitrogens is 5. The van der Waals surface area contributed by atoms with Gasteiger partial charge in [-0.3, -0.25) is 0 Å². The van der Waals surface area contributed by atoms with Crippen molar-refractivity contribution in [2.45, 2.75) is 31.7 Å². The van der Waals surface area contributed by atoms with Gasteiger partial charge in [-0.05, 0) is 24.3 Å². The van der Waals surface area contributed by atoms with Gasteiger partial charge in [0.2, 0.25) is 0 Å². The van der Waals surface area contributed by atoms with E-state index in [2.05, 4.69) is 31.0 Å². The van der Waals surface area contributed by atoms with E-state index in [4.69, 9.17) is 14.8 Å². The highest BCUT2D eigenvalue weighted by Crippen LogP contribution is 2.28. The van der Waals surface area contributed by atoms with Gasteiger partial charge in [-0.25, -0.2) is 19.6 Å². The van der Waals surface area contributed by atoms with E-state index < -0.39 is 0 Å². The summed E-state index contributed by atoms with van der Waals surface area (Å²) in [5.41, 5.74) is 0. The Hall–Kier alpha value is -2.06. The van der Waals surface area contributed by atoms with Crippen molar-refractivity contribution in [1.29, 1.82) is 0 Å². The highest BCUT2D eigenvalue weighted by atomic mass is 32.1. The quantitative estimate of drug-likeness (QED) is 0.701. The fourth-order valence-electron chi connectivity index (χ4n) is 3.69. The van der Waals surface area contributed by atoms with Gasteiger partial charge in [0.25, 0.3) is 0 Å². The molecule has 0 saturated carbocycles. The maximum atomic E-state index is 5.45. The van der Waals surface area contributed by atoms with Crippen LogP contribution in [0.3, 0.4) is 0 Å². The van der Waals surface area contributed by atoms with Crippen molar-refractivity contribution in [3.63, 3.8) is 0 Å². The highest BCUT2D eigenvalue weighted by Gasteiger charge is 2.24. The standard InChI is InChI=1S/C17H20N6OS/c1-5-22(16-13-4-10-25-17(13)19-11-18-16)6-7-23-14(1)20-15(21-23)12-2-8-24-9-3-12/h4,10-12H,1-3,5-9H2. The average Bonchev–Trinajstić information content (AvgIpc) is 3.25. The van der Waals surface area contributed by atoms with Crippen LogP contribution in [-0.4, -0.2) is 51.0 Å². The summed E-state index contributed by atoms with van der Waals surface area (Å²) in [5.74, 6) is 3.59. The lowest BCUT2D eigenvalue weighted by Gasteiger charge is -2.21. The third-order valence-corrected chi connectivity index (χ3v) is 5.90. The van der Waals surface area contributed by atoms with E-state index in [0.29, 0.717) is 5.92 Å². The van der Waals surface area contributed by atoms with Gasteiger partial charge in [0, 0.05) is 38.6 Å². The van der Waals surface area contributed by atoms with Gasteiger partial charge in [0.15, 0.2) is 5.82 Å². The lowest BCUT2D eigenvalue weighted by molar-refractivity contribution is 0.0835. The number of anilines is 1. The highest BCUT2D eigenvalue weighted by molar-refractivity contribution is 7.16. The first-order valence-electron chi connectivity index (χ1n) is 8.83. The molecule has 0 N–H and O–H groups in total. The third-order valence-electron chi connectivity index (χ3n) is 5.08. The van der Waals surface area contributed by atoms with E-state index in [9.17, 15) is 0 Å². The van der Waals surface area contributed by atoms with Crippen LogP contribution in [0.2, 0.25) is 0 Å². The van der Waals surface area contributed by atoms with E-state index in [1.165, 1.54) is 0 Å². The Bertz CT molecular complexity index is 859. The van der Waals surface area contributed by atoms with E-state index in [0.717, 1.165) is 79.8 Å². The number of hydrogen-bond acceptors (Lipinski definition) is 7. The molecule has 0 atom stereocenters. The number of thiophene rings is 1. The molecule has 0 aliphatic carbocycles. The van der Waals surface area contributed by atoms with Crippen LogP contribution in [0.1, 0.15) is 30.4 Å². The Labute approximate surface area is 149 Å². The lowest BCUT2D eigenvalue weighted by Crippen LogP contribution is -2.28. The summed E-state index contributed by atoms with van der Waals surface area (Å²) in [6.07, 6.45) is 4.63. The minimum Gasteiger partial charge on any atom is -0.381 e. The number of hydrogen-bond donors (Lipinski definition) is 0. The van der Waals surface area contributed by atoms with E-state index >= 15 is 0 Å². The normalized spacial score (nSPS) is 19.1. The molecule has 0 spiro atoms. The monoisotopic (exact) mass is 356 g/mol. The molecule has 0 bridgehead atoms. The molecule has 8 heteroatoms. The third kappa shape index (κ3) is 2.79. The maximum absolute atomic E-state index is 5.45. The average molecular weight is 356 g/mol. The van der Waals surface area contributed by atoms with Gasteiger partial charge in [0.05, 0.1) is 11.9 Å². The lowest BCUT2D eigenvalue weighted by atomic mass is 10.00. The van der Waals surface area contributed by atoms with Crippen LogP contribution < -0.4 is 4.90 Å². The van der Waals surface area contributed by atoms with Gasteiger partial charge >= 0.3 is 0 Å². The molecule has 2 aliphatic heterocycles. The zero-order valence-electron chi connectivity index (χ0n) is 14.0. The van der Waals surface area contributed by atoms with Gasteiger partial charge in [-0.1, -0.05) is 0 Å². The van der Waals surface area contributed by atoms with Crippen LogP contribution >= 0.6 is 11.3 Å². The minimum atomic E-state index is 0.455. The maximum Gasteiger partial charge on any atom is 0.154 e. The fourth-order valence-corrected chi connectivity index (χ4v) is 4.42. The smallest absolute Gasteiger partial charge is 0.154 e. The predicted octanol–water partition coefficient (Wildman–Crippen LogP) is 2.24. The molecule has 130 valence electrons. The molecule has 5 rings (SSSR count). The molecule has 3 aromatic rings. The first-order valence-corrected chi connectivity index (χ1v) is 9.71. The van der Waals surface area contributed by atoms with Crippen LogP contribution in [0.25, 0.3) is 10.2 Å². The topological polar surface area (TPSA) is 69.0 Å². The summed E-state index contributed by atoms with van der Waals surface area (Å²) in [5, 5.41) is 8.03. The van der Waals surface area contributed by atoms with Gasteiger partial charge in [0.1, 0.15) is 22.8 Å². The Morgan fingerprint density at radius 3 is 2.96 bits per heavy atom. The fraction of sp³-hybridized carbons (Fsp3) is 0.529. The molecule has 2 aliphatic rings. The number of nitrogens with zero attached hydrogens (tertiary/aromatic N) is 6. The van der Waals surface area contributed by atoms with Crippen molar-refractivity contribution >= 4 is 27.4 Å². The largest absolute Gasteiger partial charge is 0.381 e. The Morgan fingerprint density at radius 2 is 2.04 bits per heavy atom. The molecule has 0 radical (unpaired) electrons. The molecule has 3 aromatic heterocycles. The molecule has 0 unspecified atom stereocenters. The molecule has 0 amide bonds. The zero-order chi connectivity index (χ0) is 16.6. The Kier molecular flexibility index (Phi) is 3.86. The molecule has 5 heterocycles. The molecule has 0 aromatic carbocycles. The number of ether oxygens (including phenoxy) is 1. The van der Waals surface area contributed by atoms with Crippen LogP contribution in [0.4, 0.5) is 5.82 Å². The van der Waals surface area contributed by atoms with Crippen molar-refractivity contribution in [2.24, 2.45) is 0 Å². The first kappa shape index (κ1) is 15.2. The molecule has 25 heavy (non-hydrogen) atoms. The Morgan fingerprint density at radius 1 is 1.12 bits per heavy atom. The first-order chi connectivity index (χ1) is 12.4. The molecule has 7 nitrogen and oxygen atoms in total. The van der Waals surface area contributed by atoms with Crippen LogP contribution in [0, 0.1) is 0 Å². The van der Waals surface area contributed by atoms with Crippen molar-refractivity contribution in [1.82, 2.24) is 24.7 Å². The van der Waals surface area contributed by atoms with Crippen molar-refractivity contribution in [3.05, 3.63) is 29.4 Å². The van der Waals surface area contributed by atoms with E-state index in [-0.39, 0.29) is 0 Å². The minimum absolute atomic E-state index is 0.455. The summed E-state index contributed by atoms with van der Waals surface area (Å²) >= 11 is 1.66. The molecule has 1 saturated heterocycles. The SMILES string of the molecule is c1nc(N2CCc3nc(C4CCOCC4)nn3CC2)c2ccsc2n1. The zero-order valence-corrected chi connectivity index (χ0v) is 14.8. The van der Waals surface area contributed by atoms with E-state index in [1.54, 1.807) is 17.7 Å². The molecular formula is C17H20N6OS. The number of rotatable bonds is 2. The van der Waals surface area contributed by atoms with Gasteiger partial charge in [-0.2, -0.15) is 5.10 Å². The summed E-state index contributed by atoms with van der Waals surface area (Å²) in [6.45, 7) is 4.31. The van der Waals surface area contributed by atoms with Crippen molar-refractivity contribution in [3.8, 4) is 0 Å². The molecular weight excluding hydrogens is 336 g/mol. The summed E-state index contributed by atoms with van der Waals surface area (Å²) in [6, 6.07) is 2.11. The molecule has 1 fully saturated rings. The number of fused-ring (bicyclic) bond motifs is 2. The summed E-state index contributed by atoms with van der Waals surface area (Å²) < 4.78 is 7.55. The van der Waals surface area contributed by atoms with Crippen molar-refractivity contribution in [2.75, 3.05) is 31.2 Å². The van der Waals surface area contributed by atoms with Crippen molar-refractivity contribution < 1.29 is 4.74 Å². The predicted molar refractivity (Wildman–Crippen MR) is 96.1 cm³/mol. The summed E-state index contributed by atoms with van der Waals surface area (Å²) in [4.78, 5) is 17.1. The van der Waals surface area contributed by atoms with Crippen LogP contribution in [-0.2, 0) is 17.7 Å². The Balaban J connectivity index is 1.37. The van der Waals surface area contributed by atoms with Crippen LogP contribution in [0.15, 0.2) is 17.8 Å².